The average molecular weight is 412 g/mol. The van der Waals surface area contributed by atoms with E-state index in [2.05, 4.69) is 17.6 Å². The summed E-state index contributed by atoms with van der Waals surface area (Å²) in [5.41, 5.74) is 1.77. The third-order valence-electron chi connectivity index (χ3n) is 5.69. The van der Waals surface area contributed by atoms with E-state index in [-0.39, 0.29) is 18.4 Å². The van der Waals surface area contributed by atoms with E-state index in [9.17, 15) is 14.4 Å². The molecule has 6 nitrogen and oxygen atoms in total. The average Bonchev–Trinajstić information content (AvgIpc) is 3.28. The van der Waals surface area contributed by atoms with Gasteiger partial charge in [0.25, 0.3) is 5.91 Å². The number of nitrogens with zero attached hydrogens (tertiary/aromatic N) is 1. The van der Waals surface area contributed by atoms with Crippen molar-refractivity contribution in [2.24, 2.45) is 0 Å². The maximum Gasteiger partial charge on any atom is 0.325 e. The number of hydrogen-bond donors (Lipinski definition) is 2. The number of anilines is 1. The topological polar surface area (TPSA) is 78.5 Å². The molecule has 2 heterocycles. The fraction of sp³-hybridized carbons (Fsp3) is 0.409. The van der Waals surface area contributed by atoms with Crippen molar-refractivity contribution in [1.82, 2.24) is 10.2 Å². The van der Waals surface area contributed by atoms with Crippen molar-refractivity contribution in [3.8, 4) is 0 Å². The van der Waals surface area contributed by atoms with Gasteiger partial charge in [-0.15, -0.1) is 11.3 Å². The molecule has 29 heavy (non-hydrogen) atoms. The molecule has 1 fully saturated rings. The molecule has 1 atom stereocenters. The highest BCUT2D eigenvalue weighted by Crippen LogP contribution is 2.42. The molecule has 1 saturated heterocycles. The van der Waals surface area contributed by atoms with Crippen LogP contribution in [-0.4, -0.2) is 29.3 Å². The quantitative estimate of drug-likeness (QED) is 0.710. The van der Waals surface area contributed by atoms with Crippen LogP contribution in [0.3, 0.4) is 0 Å². The van der Waals surface area contributed by atoms with E-state index >= 15 is 0 Å². The Bertz CT molecular complexity index is 937. The van der Waals surface area contributed by atoms with Gasteiger partial charge in [-0.2, -0.15) is 0 Å². The summed E-state index contributed by atoms with van der Waals surface area (Å²) in [6.07, 6.45) is 5.61. The second kappa shape index (κ2) is 7.99. The minimum Gasteiger partial charge on any atom is -0.325 e. The van der Waals surface area contributed by atoms with E-state index in [1.807, 2.05) is 35.7 Å². The SMILES string of the molecule is CCCCc1ccc(NC(=O)CN2C(=O)N[C@@]3(CCCc4sccc43)C2=O)cc1. The smallest absolute Gasteiger partial charge is 0.325 e. The van der Waals surface area contributed by atoms with Crippen LogP contribution < -0.4 is 10.6 Å². The van der Waals surface area contributed by atoms with Crippen molar-refractivity contribution in [2.75, 3.05) is 11.9 Å². The summed E-state index contributed by atoms with van der Waals surface area (Å²) >= 11 is 1.61. The van der Waals surface area contributed by atoms with E-state index < -0.39 is 11.6 Å². The lowest BCUT2D eigenvalue weighted by molar-refractivity contribution is -0.134. The van der Waals surface area contributed by atoms with E-state index in [0.29, 0.717) is 12.1 Å². The minimum absolute atomic E-state index is 0.288. The third kappa shape index (κ3) is 3.67. The second-order valence-corrected chi connectivity index (χ2v) is 8.69. The summed E-state index contributed by atoms with van der Waals surface area (Å²) in [5, 5.41) is 7.61. The number of nitrogens with one attached hydrogen (secondary N) is 2. The summed E-state index contributed by atoms with van der Waals surface area (Å²) in [5.74, 6) is -0.708. The first kappa shape index (κ1) is 19.6. The van der Waals surface area contributed by atoms with Crippen molar-refractivity contribution >= 4 is 34.9 Å². The van der Waals surface area contributed by atoms with Crippen LogP contribution in [0.25, 0.3) is 0 Å². The van der Waals surface area contributed by atoms with Gasteiger partial charge in [0.1, 0.15) is 12.1 Å². The molecule has 1 aromatic carbocycles. The van der Waals surface area contributed by atoms with E-state index in [1.54, 1.807) is 11.3 Å². The van der Waals surface area contributed by atoms with Crippen molar-refractivity contribution < 1.29 is 14.4 Å². The molecule has 0 unspecified atom stereocenters. The van der Waals surface area contributed by atoms with Crippen LogP contribution in [-0.2, 0) is 28.0 Å². The Hall–Kier alpha value is -2.67. The first-order valence-corrected chi connectivity index (χ1v) is 11.0. The highest BCUT2D eigenvalue weighted by molar-refractivity contribution is 7.10. The van der Waals surface area contributed by atoms with Crippen LogP contribution in [0.15, 0.2) is 35.7 Å². The van der Waals surface area contributed by atoms with Gasteiger partial charge in [0.2, 0.25) is 5.91 Å². The minimum atomic E-state index is -1.01. The molecule has 7 heteroatoms. The summed E-state index contributed by atoms with van der Waals surface area (Å²) in [7, 11) is 0. The molecule has 2 aromatic rings. The van der Waals surface area contributed by atoms with Crippen molar-refractivity contribution in [3.63, 3.8) is 0 Å². The van der Waals surface area contributed by atoms with Crippen LogP contribution in [0.4, 0.5) is 10.5 Å². The van der Waals surface area contributed by atoms with Gasteiger partial charge in [-0.05, 0) is 61.2 Å². The van der Waals surface area contributed by atoms with Crippen LogP contribution in [0.1, 0.15) is 48.6 Å². The van der Waals surface area contributed by atoms with Crippen LogP contribution in [0.2, 0.25) is 0 Å². The number of aryl methyl sites for hydroxylation is 2. The summed E-state index contributed by atoms with van der Waals surface area (Å²) in [6, 6.07) is 9.12. The molecular formula is C22H25N3O3S. The maximum atomic E-state index is 13.2. The number of imide groups is 1. The summed E-state index contributed by atoms with van der Waals surface area (Å²) in [4.78, 5) is 40.4. The highest BCUT2D eigenvalue weighted by Gasteiger charge is 2.54. The normalized spacial score (nSPS) is 20.7. The Balaban J connectivity index is 1.43. The predicted octanol–water partition coefficient (Wildman–Crippen LogP) is 3.81. The number of benzene rings is 1. The number of unbranched alkanes of at least 4 members (excludes halogenated alkanes) is 1. The van der Waals surface area contributed by atoms with Gasteiger partial charge in [0, 0.05) is 16.1 Å². The first-order valence-electron chi connectivity index (χ1n) is 10.1. The van der Waals surface area contributed by atoms with Crippen molar-refractivity contribution in [3.05, 3.63) is 51.7 Å². The van der Waals surface area contributed by atoms with Crippen LogP contribution >= 0.6 is 11.3 Å². The van der Waals surface area contributed by atoms with Crippen molar-refractivity contribution in [2.45, 2.75) is 51.0 Å². The Morgan fingerprint density at radius 3 is 2.79 bits per heavy atom. The monoisotopic (exact) mass is 411 g/mol. The Morgan fingerprint density at radius 2 is 2.03 bits per heavy atom. The number of amides is 4. The molecule has 0 bridgehead atoms. The number of carbonyl (C=O) groups excluding carboxylic acids is 3. The number of fused-ring (bicyclic) bond motifs is 2. The summed E-state index contributed by atoms with van der Waals surface area (Å²) in [6.45, 7) is 1.87. The molecule has 152 valence electrons. The fourth-order valence-corrected chi connectivity index (χ4v) is 5.16. The number of thiophene rings is 1. The number of urea groups is 1. The molecule has 2 N–H and O–H groups in total. The van der Waals surface area contributed by atoms with E-state index in [0.717, 1.165) is 47.4 Å². The molecule has 1 aromatic heterocycles. The number of hydrogen-bond acceptors (Lipinski definition) is 4. The lowest BCUT2D eigenvalue weighted by Crippen LogP contribution is -2.46. The van der Waals surface area contributed by atoms with E-state index in [4.69, 9.17) is 0 Å². The van der Waals surface area contributed by atoms with E-state index in [1.165, 1.54) is 5.56 Å². The maximum absolute atomic E-state index is 13.2. The largest absolute Gasteiger partial charge is 0.325 e. The molecule has 1 aliphatic carbocycles. The molecule has 0 radical (unpaired) electrons. The highest BCUT2D eigenvalue weighted by atomic mass is 32.1. The zero-order valence-electron chi connectivity index (χ0n) is 16.5. The molecule has 0 saturated carbocycles. The molecule has 4 rings (SSSR count). The molecule has 2 aliphatic rings. The molecule has 1 spiro atoms. The van der Waals surface area contributed by atoms with Crippen LogP contribution in [0.5, 0.6) is 0 Å². The lowest BCUT2D eigenvalue weighted by atomic mass is 9.80. The third-order valence-corrected chi connectivity index (χ3v) is 6.68. The standard InChI is InChI=1S/C22H25N3O3S/c1-2-3-5-15-7-9-16(10-8-15)23-19(26)14-25-20(27)22(24-21(25)28)12-4-6-18-17(22)11-13-29-18/h7-11,13H,2-6,12,14H2,1H3,(H,23,26)(H,24,28)/t22-/m1/s1. The van der Waals surface area contributed by atoms with Gasteiger partial charge in [-0.1, -0.05) is 25.5 Å². The van der Waals surface area contributed by atoms with Crippen molar-refractivity contribution in [1.29, 1.82) is 0 Å². The van der Waals surface area contributed by atoms with Gasteiger partial charge < -0.3 is 10.6 Å². The Morgan fingerprint density at radius 1 is 1.24 bits per heavy atom. The summed E-state index contributed by atoms with van der Waals surface area (Å²) < 4.78 is 0. The molecular weight excluding hydrogens is 386 g/mol. The molecule has 1 aliphatic heterocycles. The van der Waals surface area contributed by atoms with Crippen LogP contribution in [0, 0.1) is 0 Å². The zero-order valence-corrected chi connectivity index (χ0v) is 17.3. The van der Waals surface area contributed by atoms with Gasteiger partial charge in [0.15, 0.2) is 0 Å². The first-order chi connectivity index (χ1) is 14.0. The number of rotatable bonds is 6. The van der Waals surface area contributed by atoms with Gasteiger partial charge in [-0.3, -0.25) is 14.5 Å². The molecule has 4 amide bonds. The lowest BCUT2D eigenvalue weighted by Gasteiger charge is -2.31. The van der Waals surface area contributed by atoms with Gasteiger partial charge >= 0.3 is 6.03 Å². The fourth-order valence-electron chi connectivity index (χ4n) is 4.16. The predicted molar refractivity (Wildman–Crippen MR) is 113 cm³/mol. The van der Waals surface area contributed by atoms with Gasteiger partial charge in [-0.25, -0.2) is 4.79 Å². The zero-order chi connectivity index (χ0) is 20.4. The number of carbonyl (C=O) groups is 3. The van der Waals surface area contributed by atoms with Gasteiger partial charge in [0.05, 0.1) is 0 Å². The Kier molecular flexibility index (Phi) is 5.41. The second-order valence-electron chi connectivity index (χ2n) is 7.69. The Labute approximate surface area is 174 Å².